The van der Waals surface area contributed by atoms with Crippen LogP contribution in [0, 0.1) is 11.3 Å². The minimum absolute atomic E-state index is 0.0263. The van der Waals surface area contributed by atoms with Crippen molar-refractivity contribution in [1.82, 2.24) is 5.32 Å². The zero-order chi connectivity index (χ0) is 15.4. The maximum atomic E-state index is 12.4. The molecule has 4 N–H and O–H groups in total. The van der Waals surface area contributed by atoms with Gasteiger partial charge in [0.25, 0.3) is 0 Å². The van der Waals surface area contributed by atoms with E-state index < -0.39 is 11.0 Å². The summed E-state index contributed by atoms with van der Waals surface area (Å²) in [5.41, 5.74) is 4.77. The second kappa shape index (κ2) is 6.46. The summed E-state index contributed by atoms with van der Waals surface area (Å²) in [4.78, 5) is 12.4. The molecule has 1 saturated carbocycles. The highest BCUT2D eigenvalue weighted by Gasteiger charge is 2.42. The number of nitrogens with zero attached hydrogens (tertiary/aromatic N) is 1. The zero-order valence-electron chi connectivity index (χ0n) is 13.2. The van der Waals surface area contributed by atoms with E-state index in [1.54, 1.807) is 0 Å². The van der Waals surface area contributed by atoms with Crippen LogP contribution in [-0.2, 0) is 4.79 Å². The summed E-state index contributed by atoms with van der Waals surface area (Å²) in [6.07, 6.45) is 5.38. The summed E-state index contributed by atoms with van der Waals surface area (Å²) in [6, 6.07) is 0. The monoisotopic (exact) mass is 283 g/mol. The number of carbonyl (C=O) groups is 1. The maximum absolute atomic E-state index is 12.4. The summed E-state index contributed by atoms with van der Waals surface area (Å²) in [6.45, 7) is 8.00. The Balaban J connectivity index is 2.90. The van der Waals surface area contributed by atoms with Crippen molar-refractivity contribution in [3.8, 4) is 0 Å². The van der Waals surface area contributed by atoms with Crippen molar-refractivity contribution in [1.29, 1.82) is 0 Å². The van der Waals surface area contributed by atoms with Crippen molar-refractivity contribution in [2.45, 2.75) is 71.8 Å². The van der Waals surface area contributed by atoms with Gasteiger partial charge in [0.05, 0.1) is 0 Å². The predicted molar refractivity (Wildman–Crippen MR) is 80.6 cm³/mol. The molecule has 5 heteroatoms. The van der Waals surface area contributed by atoms with Crippen LogP contribution in [0.15, 0.2) is 5.16 Å². The van der Waals surface area contributed by atoms with Gasteiger partial charge in [-0.15, -0.1) is 0 Å². The van der Waals surface area contributed by atoms with E-state index in [0.717, 1.165) is 38.5 Å². The molecule has 0 heterocycles. The lowest BCUT2D eigenvalue weighted by atomic mass is 9.74. The Bertz CT molecular complexity index is 369. The van der Waals surface area contributed by atoms with Crippen molar-refractivity contribution >= 4 is 11.7 Å². The van der Waals surface area contributed by atoms with E-state index in [1.165, 1.54) is 0 Å². The first-order valence-electron chi connectivity index (χ1n) is 7.62. The largest absolute Gasteiger partial charge is 0.409 e. The van der Waals surface area contributed by atoms with Crippen LogP contribution in [0.5, 0.6) is 0 Å². The Kier molecular flexibility index (Phi) is 5.42. The van der Waals surface area contributed by atoms with E-state index >= 15 is 0 Å². The summed E-state index contributed by atoms with van der Waals surface area (Å²) >= 11 is 0. The van der Waals surface area contributed by atoms with Crippen LogP contribution in [-0.4, -0.2) is 22.5 Å². The minimum Gasteiger partial charge on any atom is -0.409 e. The number of rotatable bonds is 5. The fourth-order valence-corrected chi connectivity index (χ4v) is 2.67. The molecule has 0 atom stereocenters. The summed E-state index contributed by atoms with van der Waals surface area (Å²) in [5, 5.41) is 15.3. The SMILES string of the molecule is CCC1CCC(NC(=O)C(C)(C)CC)(C(N)=NO)CC1. The number of hydrogen-bond acceptors (Lipinski definition) is 3. The Hall–Kier alpha value is -1.26. The molecule has 0 aromatic rings. The second-order valence-corrected chi connectivity index (χ2v) is 6.61. The van der Waals surface area contributed by atoms with Crippen molar-refractivity contribution in [2.75, 3.05) is 0 Å². The fraction of sp³-hybridized carbons (Fsp3) is 0.867. The van der Waals surface area contributed by atoms with Gasteiger partial charge in [0.15, 0.2) is 5.84 Å². The number of nitrogens with one attached hydrogen (secondary N) is 1. The van der Waals surface area contributed by atoms with Crippen LogP contribution in [0.4, 0.5) is 0 Å². The van der Waals surface area contributed by atoms with Gasteiger partial charge in [-0.05, 0) is 38.0 Å². The smallest absolute Gasteiger partial charge is 0.226 e. The lowest BCUT2D eigenvalue weighted by Gasteiger charge is -2.41. The molecule has 116 valence electrons. The standard InChI is InChI=1S/C15H29N3O2/c1-5-11-7-9-15(10-8-11,12(16)18-20)17-13(19)14(3,4)6-2/h11,20H,5-10H2,1-4H3,(H2,16,18)(H,17,19). The molecule has 1 aliphatic carbocycles. The van der Waals surface area contributed by atoms with Gasteiger partial charge in [0.1, 0.15) is 5.54 Å². The van der Waals surface area contributed by atoms with Crippen LogP contribution in [0.2, 0.25) is 0 Å². The Morgan fingerprint density at radius 1 is 1.40 bits per heavy atom. The molecule has 0 saturated heterocycles. The molecule has 1 amide bonds. The number of nitrogens with two attached hydrogens (primary N) is 1. The Labute approximate surface area is 122 Å². The molecular formula is C15H29N3O2. The Morgan fingerprint density at radius 2 is 1.95 bits per heavy atom. The van der Waals surface area contributed by atoms with E-state index in [9.17, 15) is 4.79 Å². The van der Waals surface area contributed by atoms with E-state index in [-0.39, 0.29) is 11.7 Å². The predicted octanol–water partition coefficient (Wildman–Crippen LogP) is 2.62. The average Bonchev–Trinajstić information content (AvgIpc) is 2.46. The first-order valence-corrected chi connectivity index (χ1v) is 7.62. The normalized spacial score (nSPS) is 28.2. The second-order valence-electron chi connectivity index (χ2n) is 6.61. The first kappa shape index (κ1) is 16.8. The van der Waals surface area contributed by atoms with Crippen molar-refractivity contribution in [3.05, 3.63) is 0 Å². The van der Waals surface area contributed by atoms with Gasteiger partial charge >= 0.3 is 0 Å². The molecule has 20 heavy (non-hydrogen) atoms. The highest BCUT2D eigenvalue weighted by atomic mass is 16.4. The van der Waals surface area contributed by atoms with Gasteiger partial charge in [-0.3, -0.25) is 4.79 Å². The number of hydrogen-bond donors (Lipinski definition) is 3. The highest BCUT2D eigenvalue weighted by Crippen LogP contribution is 2.35. The molecule has 1 fully saturated rings. The molecule has 1 rings (SSSR count). The van der Waals surface area contributed by atoms with Crippen molar-refractivity contribution in [3.63, 3.8) is 0 Å². The third kappa shape index (κ3) is 3.44. The molecule has 0 spiro atoms. The number of amides is 1. The molecule has 0 aromatic carbocycles. The minimum atomic E-state index is -0.677. The lowest BCUT2D eigenvalue weighted by Crippen LogP contribution is -2.61. The van der Waals surface area contributed by atoms with Crippen molar-refractivity contribution < 1.29 is 10.0 Å². The summed E-state index contributed by atoms with van der Waals surface area (Å²) < 4.78 is 0. The highest BCUT2D eigenvalue weighted by molar-refractivity contribution is 5.95. The van der Waals surface area contributed by atoms with Crippen LogP contribution < -0.4 is 11.1 Å². The van der Waals surface area contributed by atoms with Gasteiger partial charge in [-0.25, -0.2) is 0 Å². The lowest BCUT2D eigenvalue weighted by molar-refractivity contribution is -0.131. The molecule has 0 aromatic heterocycles. The summed E-state index contributed by atoms with van der Waals surface area (Å²) in [7, 11) is 0. The van der Waals surface area contributed by atoms with E-state index in [2.05, 4.69) is 17.4 Å². The first-order chi connectivity index (χ1) is 9.31. The van der Waals surface area contributed by atoms with E-state index in [0.29, 0.717) is 5.92 Å². The number of oxime groups is 1. The van der Waals surface area contributed by atoms with Crippen LogP contribution in [0.3, 0.4) is 0 Å². The molecular weight excluding hydrogens is 254 g/mol. The molecule has 0 aliphatic heterocycles. The molecule has 0 unspecified atom stereocenters. The zero-order valence-corrected chi connectivity index (χ0v) is 13.2. The van der Waals surface area contributed by atoms with Gasteiger partial charge < -0.3 is 16.3 Å². The third-order valence-electron chi connectivity index (χ3n) is 4.99. The molecule has 0 bridgehead atoms. The third-order valence-corrected chi connectivity index (χ3v) is 4.99. The van der Waals surface area contributed by atoms with Gasteiger partial charge in [-0.1, -0.05) is 39.3 Å². The molecule has 1 aliphatic rings. The van der Waals surface area contributed by atoms with Crippen LogP contribution in [0.25, 0.3) is 0 Å². The fourth-order valence-electron chi connectivity index (χ4n) is 2.67. The quantitative estimate of drug-likeness (QED) is 0.314. The Morgan fingerprint density at radius 3 is 2.35 bits per heavy atom. The topological polar surface area (TPSA) is 87.7 Å². The van der Waals surface area contributed by atoms with Crippen LogP contribution in [0.1, 0.15) is 66.2 Å². The number of carbonyl (C=O) groups excluding carboxylic acids is 1. The van der Waals surface area contributed by atoms with Crippen LogP contribution >= 0.6 is 0 Å². The molecule has 5 nitrogen and oxygen atoms in total. The van der Waals surface area contributed by atoms with Gasteiger partial charge in [0, 0.05) is 5.41 Å². The average molecular weight is 283 g/mol. The van der Waals surface area contributed by atoms with Gasteiger partial charge in [-0.2, -0.15) is 0 Å². The summed E-state index contributed by atoms with van der Waals surface area (Å²) in [5.74, 6) is 0.777. The van der Waals surface area contributed by atoms with E-state index in [4.69, 9.17) is 10.9 Å². The maximum Gasteiger partial charge on any atom is 0.226 e. The van der Waals surface area contributed by atoms with E-state index in [1.807, 2.05) is 20.8 Å². The van der Waals surface area contributed by atoms with Crippen molar-refractivity contribution in [2.24, 2.45) is 22.2 Å². The molecule has 0 radical (unpaired) electrons. The number of amidine groups is 1. The van der Waals surface area contributed by atoms with Gasteiger partial charge in [0.2, 0.25) is 5.91 Å².